The number of hydrogen-bond acceptors (Lipinski definition) is 12. The average Bonchev–Trinajstić information content (AvgIpc) is 3.00. The largest absolute Gasteiger partial charge is 0.457 e. The van der Waals surface area contributed by atoms with Crippen LogP contribution in [-0.2, 0) is 14.3 Å². The van der Waals surface area contributed by atoms with Crippen LogP contribution in [0.4, 0.5) is 4.79 Å². The number of hydroxylamine groups is 2. The number of guanidine groups is 2. The van der Waals surface area contributed by atoms with E-state index in [2.05, 4.69) is 9.98 Å². The van der Waals surface area contributed by atoms with Crippen molar-refractivity contribution in [2.24, 2.45) is 27.2 Å². The summed E-state index contributed by atoms with van der Waals surface area (Å²) >= 11 is 0. The minimum absolute atomic E-state index is 0.0478. The molecule has 13 nitrogen and oxygen atoms in total. The number of carbonyl (C=O) groups excluding carboxylic acids is 2. The van der Waals surface area contributed by atoms with E-state index in [1.165, 1.54) is 11.8 Å². The number of amides is 1. The Balaban J connectivity index is 2.06. The molecule has 1 fully saturated rings. The normalized spacial score (nSPS) is 37.3. The molecule has 0 aromatic rings. The molecule has 0 aromatic heterocycles. The Morgan fingerprint density at radius 3 is 2.59 bits per heavy atom. The van der Waals surface area contributed by atoms with Crippen LogP contribution in [0.25, 0.3) is 0 Å². The Kier molecular flexibility index (Phi) is 4.31. The molecule has 0 radical (unpaired) electrons. The maximum atomic E-state index is 11.8. The van der Waals surface area contributed by atoms with E-state index < -0.39 is 41.5 Å². The molecule has 8 N–H and O–H groups in total. The molecular formula is C14H23N7O6. The van der Waals surface area contributed by atoms with Crippen LogP contribution in [0, 0.1) is 0 Å². The van der Waals surface area contributed by atoms with Gasteiger partial charge in [-0.2, -0.15) is 5.06 Å². The number of ether oxygens (including phenoxy) is 2. The molecule has 0 aliphatic carbocycles. The molecule has 0 aromatic carbocycles. The SMILES string of the molecule is CCC(=O)OC1CN2C(N)=NC(COC(N)=O)C3N=C(N)N(O)C32C1(C)O. The Morgan fingerprint density at radius 2 is 2.00 bits per heavy atom. The third-order valence-corrected chi connectivity index (χ3v) is 5.25. The summed E-state index contributed by atoms with van der Waals surface area (Å²) in [6, 6.07) is -1.86. The van der Waals surface area contributed by atoms with Crippen molar-refractivity contribution in [3.63, 3.8) is 0 Å². The summed E-state index contributed by atoms with van der Waals surface area (Å²) in [5.41, 5.74) is 13.3. The Hall–Kier alpha value is -2.80. The van der Waals surface area contributed by atoms with Crippen LogP contribution >= 0.6 is 0 Å². The van der Waals surface area contributed by atoms with Gasteiger partial charge in [-0.05, 0) is 6.92 Å². The van der Waals surface area contributed by atoms with Gasteiger partial charge >= 0.3 is 12.1 Å². The molecule has 150 valence electrons. The summed E-state index contributed by atoms with van der Waals surface area (Å²) in [5, 5.41) is 22.7. The summed E-state index contributed by atoms with van der Waals surface area (Å²) in [6.45, 7) is 2.66. The van der Waals surface area contributed by atoms with Crippen LogP contribution in [0.1, 0.15) is 20.3 Å². The molecule has 3 rings (SSSR count). The number of esters is 1. The van der Waals surface area contributed by atoms with Crippen molar-refractivity contribution in [1.29, 1.82) is 0 Å². The molecule has 1 saturated heterocycles. The number of primary amides is 1. The minimum atomic E-state index is -1.85. The maximum absolute atomic E-state index is 11.8. The first-order valence-electron chi connectivity index (χ1n) is 8.34. The average molecular weight is 385 g/mol. The number of hydrogen-bond donors (Lipinski definition) is 5. The molecule has 0 saturated carbocycles. The summed E-state index contributed by atoms with van der Waals surface area (Å²) in [5.74, 6) is -0.890. The Bertz CT molecular complexity index is 725. The van der Waals surface area contributed by atoms with Gasteiger partial charge in [0.1, 0.15) is 24.3 Å². The molecule has 3 aliphatic heterocycles. The first kappa shape index (κ1) is 19.0. The second-order valence-electron chi connectivity index (χ2n) is 6.74. The van der Waals surface area contributed by atoms with Crippen molar-refractivity contribution in [3.05, 3.63) is 0 Å². The predicted octanol–water partition coefficient (Wildman–Crippen LogP) is -2.75. The van der Waals surface area contributed by atoms with Crippen LogP contribution in [0.15, 0.2) is 9.98 Å². The highest BCUT2D eigenvalue weighted by Crippen LogP contribution is 2.50. The van der Waals surface area contributed by atoms with Crippen LogP contribution in [0.2, 0.25) is 0 Å². The van der Waals surface area contributed by atoms with E-state index in [9.17, 15) is 19.9 Å². The number of aliphatic imine (C=N–C) groups is 2. The van der Waals surface area contributed by atoms with Gasteiger partial charge in [0.25, 0.3) is 0 Å². The second kappa shape index (κ2) is 6.13. The zero-order chi connectivity index (χ0) is 20.1. The topological polar surface area (TPSA) is 202 Å². The smallest absolute Gasteiger partial charge is 0.404 e. The number of rotatable bonds is 4. The molecule has 1 amide bonds. The standard InChI is InChI=1S/C14H23N7O6/c1-3-8(22)27-7-4-20-10(15)18-6(5-26-12(17)23)9-14(20,13(7,2)24)21(25)11(16)19-9/h6-7,9,24-25H,3-5H2,1-2H3,(H2,15,18)(H2,16,19)(H2,17,23). The highest BCUT2D eigenvalue weighted by molar-refractivity contribution is 5.87. The molecule has 0 bridgehead atoms. The van der Waals surface area contributed by atoms with Gasteiger partial charge in [0.2, 0.25) is 11.6 Å². The number of aliphatic hydroxyl groups is 1. The van der Waals surface area contributed by atoms with E-state index in [1.807, 2.05) is 0 Å². The van der Waals surface area contributed by atoms with Crippen molar-refractivity contribution < 1.29 is 29.4 Å². The van der Waals surface area contributed by atoms with Crippen LogP contribution in [0.5, 0.6) is 0 Å². The van der Waals surface area contributed by atoms with E-state index in [4.69, 9.17) is 26.7 Å². The van der Waals surface area contributed by atoms with E-state index in [0.29, 0.717) is 5.06 Å². The highest BCUT2D eigenvalue weighted by atomic mass is 16.6. The Labute approximate surface area is 154 Å². The summed E-state index contributed by atoms with van der Waals surface area (Å²) in [7, 11) is 0. The van der Waals surface area contributed by atoms with Crippen LogP contribution in [-0.4, -0.2) is 86.9 Å². The predicted molar refractivity (Wildman–Crippen MR) is 90.2 cm³/mol. The number of nitrogens with two attached hydrogens (primary N) is 3. The highest BCUT2D eigenvalue weighted by Gasteiger charge is 2.75. The first-order chi connectivity index (χ1) is 12.6. The fraction of sp³-hybridized carbons (Fsp3) is 0.714. The molecule has 27 heavy (non-hydrogen) atoms. The fourth-order valence-corrected chi connectivity index (χ4v) is 3.99. The van der Waals surface area contributed by atoms with Gasteiger partial charge in [0, 0.05) is 6.42 Å². The number of carbonyl (C=O) groups is 2. The van der Waals surface area contributed by atoms with Gasteiger partial charge in [0.15, 0.2) is 12.1 Å². The van der Waals surface area contributed by atoms with Gasteiger partial charge < -0.3 is 36.7 Å². The van der Waals surface area contributed by atoms with E-state index in [1.54, 1.807) is 6.92 Å². The van der Waals surface area contributed by atoms with Gasteiger partial charge in [-0.15, -0.1) is 0 Å². The van der Waals surface area contributed by atoms with Crippen molar-refractivity contribution in [3.8, 4) is 0 Å². The molecular weight excluding hydrogens is 362 g/mol. The van der Waals surface area contributed by atoms with Crippen LogP contribution < -0.4 is 17.2 Å². The minimum Gasteiger partial charge on any atom is -0.457 e. The fourth-order valence-electron chi connectivity index (χ4n) is 3.99. The molecule has 5 atom stereocenters. The summed E-state index contributed by atoms with van der Waals surface area (Å²) < 4.78 is 10.2. The number of nitrogens with zero attached hydrogens (tertiary/aromatic N) is 4. The van der Waals surface area contributed by atoms with Gasteiger partial charge in [-0.25, -0.2) is 14.8 Å². The van der Waals surface area contributed by atoms with Crippen LogP contribution in [0.3, 0.4) is 0 Å². The lowest BCUT2D eigenvalue weighted by molar-refractivity contribution is -0.232. The summed E-state index contributed by atoms with van der Waals surface area (Å²) in [6.07, 6.45) is -1.97. The second-order valence-corrected chi connectivity index (χ2v) is 6.74. The molecule has 3 heterocycles. The van der Waals surface area contributed by atoms with Gasteiger partial charge in [0.05, 0.1) is 6.54 Å². The maximum Gasteiger partial charge on any atom is 0.404 e. The lowest BCUT2D eigenvalue weighted by atomic mass is 9.79. The third-order valence-electron chi connectivity index (χ3n) is 5.25. The molecule has 5 unspecified atom stereocenters. The molecule has 1 spiro atoms. The Morgan fingerprint density at radius 1 is 1.33 bits per heavy atom. The molecule has 13 heteroatoms. The third kappa shape index (κ3) is 2.45. The van der Waals surface area contributed by atoms with Crippen molar-refractivity contribution in [1.82, 2.24) is 9.96 Å². The monoisotopic (exact) mass is 385 g/mol. The lowest BCUT2D eigenvalue weighted by Gasteiger charge is -2.51. The zero-order valence-corrected chi connectivity index (χ0v) is 14.9. The first-order valence-corrected chi connectivity index (χ1v) is 8.34. The zero-order valence-electron chi connectivity index (χ0n) is 14.9. The van der Waals surface area contributed by atoms with Gasteiger partial charge in [-0.3, -0.25) is 10.0 Å². The van der Waals surface area contributed by atoms with Crippen molar-refractivity contribution >= 4 is 24.0 Å². The van der Waals surface area contributed by atoms with E-state index in [0.717, 1.165) is 0 Å². The summed E-state index contributed by atoms with van der Waals surface area (Å²) in [4.78, 5) is 32.6. The molecule has 3 aliphatic rings. The van der Waals surface area contributed by atoms with E-state index in [-0.39, 0.29) is 31.5 Å². The van der Waals surface area contributed by atoms with Gasteiger partial charge in [-0.1, -0.05) is 6.92 Å². The quantitative estimate of drug-likeness (QED) is 0.316. The van der Waals surface area contributed by atoms with Crippen molar-refractivity contribution in [2.75, 3.05) is 13.2 Å². The lowest BCUT2D eigenvalue weighted by Crippen LogP contribution is -2.77. The van der Waals surface area contributed by atoms with Crippen molar-refractivity contribution in [2.45, 2.75) is 49.7 Å². The van der Waals surface area contributed by atoms with E-state index >= 15 is 0 Å².